The van der Waals surface area contributed by atoms with Gasteiger partial charge in [0.15, 0.2) is 15.3 Å². The molecule has 4 aromatic rings. The SMILES string of the molecule is N#CC1=C(N)N(c2nnc(SCC(=O)Nc3nc4ccccc4s3)s2)C2=C(C(=O)CCC2)C1c1ccccc1. The molecule has 0 spiro atoms. The van der Waals surface area contributed by atoms with Crippen LogP contribution in [0.15, 0.2) is 81.6 Å². The summed E-state index contributed by atoms with van der Waals surface area (Å²) in [4.78, 5) is 31.9. The van der Waals surface area contributed by atoms with Gasteiger partial charge in [-0.05, 0) is 30.5 Å². The molecule has 1 amide bonds. The highest BCUT2D eigenvalue weighted by Gasteiger charge is 2.41. The molecule has 6 rings (SSSR count). The smallest absolute Gasteiger partial charge is 0.236 e. The van der Waals surface area contributed by atoms with Crippen LogP contribution in [0.4, 0.5) is 10.3 Å². The Morgan fingerprint density at radius 2 is 1.92 bits per heavy atom. The zero-order chi connectivity index (χ0) is 26.9. The Balaban J connectivity index is 1.24. The fourth-order valence-electron chi connectivity index (χ4n) is 4.84. The van der Waals surface area contributed by atoms with Gasteiger partial charge in [0.25, 0.3) is 0 Å². The molecular weight excluding hydrogens is 551 g/mol. The summed E-state index contributed by atoms with van der Waals surface area (Å²) in [5.41, 5.74) is 9.96. The van der Waals surface area contributed by atoms with E-state index in [9.17, 15) is 14.9 Å². The lowest BCUT2D eigenvalue weighted by Crippen LogP contribution is -2.38. The number of carbonyl (C=O) groups is 2. The molecular formula is C27H21N7O2S3. The lowest BCUT2D eigenvalue weighted by molar-refractivity contribution is -0.116. The fraction of sp³-hybridized carbons (Fsp3) is 0.185. The number of nitrogens with two attached hydrogens (primary N) is 1. The van der Waals surface area contributed by atoms with E-state index in [1.54, 1.807) is 4.90 Å². The zero-order valence-corrected chi connectivity index (χ0v) is 22.9. The lowest BCUT2D eigenvalue weighted by Gasteiger charge is -2.38. The topological polar surface area (TPSA) is 138 Å². The number of para-hydroxylation sites is 1. The second kappa shape index (κ2) is 10.6. The van der Waals surface area contributed by atoms with Gasteiger partial charge in [0, 0.05) is 17.7 Å². The molecule has 0 saturated carbocycles. The molecule has 12 heteroatoms. The maximum Gasteiger partial charge on any atom is 0.236 e. The van der Waals surface area contributed by atoms with Gasteiger partial charge in [-0.25, -0.2) is 4.98 Å². The largest absolute Gasteiger partial charge is 0.384 e. The number of fused-ring (bicyclic) bond motifs is 1. The van der Waals surface area contributed by atoms with Crippen molar-refractivity contribution < 1.29 is 9.59 Å². The van der Waals surface area contributed by atoms with Crippen LogP contribution in [-0.2, 0) is 9.59 Å². The van der Waals surface area contributed by atoms with Crippen molar-refractivity contribution >= 4 is 66.6 Å². The number of allylic oxidation sites excluding steroid dienone is 3. The molecule has 2 aliphatic rings. The lowest BCUT2D eigenvalue weighted by atomic mass is 9.76. The van der Waals surface area contributed by atoms with Crippen LogP contribution in [0.3, 0.4) is 0 Å². The van der Waals surface area contributed by atoms with Crippen molar-refractivity contribution in [1.29, 1.82) is 5.26 Å². The Hall–Kier alpha value is -4.05. The first-order chi connectivity index (χ1) is 19.0. The molecule has 9 nitrogen and oxygen atoms in total. The maximum absolute atomic E-state index is 13.2. The van der Waals surface area contributed by atoms with E-state index < -0.39 is 5.92 Å². The minimum atomic E-state index is -0.511. The summed E-state index contributed by atoms with van der Waals surface area (Å²) >= 11 is 3.94. The standard InChI is InChI=1S/C27H21N7O2S3/c28-13-16-22(15-7-2-1-3-8-15)23-18(10-6-11-19(23)35)34(24(16)29)26-32-33-27(39-26)37-14-21(36)31-25-30-17-9-4-5-12-20(17)38-25/h1-5,7-9,12,22H,6,10-11,14,29H2,(H,30,31,36). The summed E-state index contributed by atoms with van der Waals surface area (Å²) in [5.74, 6) is -0.319. The average Bonchev–Trinajstić information content (AvgIpc) is 3.58. The van der Waals surface area contributed by atoms with Crippen LogP contribution in [0.2, 0.25) is 0 Å². The van der Waals surface area contributed by atoms with E-state index >= 15 is 0 Å². The number of carbonyl (C=O) groups excluding carboxylic acids is 2. The van der Waals surface area contributed by atoms with E-state index in [2.05, 4.69) is 26.6 Å². The van der Waals surface area contributed by atoms with Gasteiger partial charge in [0.05, 0.1) is 33.5 Å². The second-order valence-electron chi connectivity index (χ2n) is 8.90. The Labute approximate surface area is 236 Å². The minimum Gasteiger partial charge on any atom is -0.384 e. The van der Waals surface area contributed by atoms with Crippen LogP contribution in [-0.4, -0.2) is 32.6 Å². The summed E-state index contributed by atoms with van der Waals surface area (Å²) in [6.07, 6.45) is 1.75. The van der Waals surface area contributed by atoms with Gasteiger partial charge in [0.2, 0.25) is 11.0 Å². The normalized spacial score (nSPS) is 17.4. The quantitative estimate of drug-likeness (QED) is 0.300. The Kier molecular flexibility index (Phi) is 6.86. The number of nitrogens with zero attached hydrogens (tertiary/aromatic N) is 5. The number of rotatable bonds is 6. The second-order valence-corrected chi connectivity index (χ2v) is 12.1. The van der Waals surface area contributed by atoms with Crippen molar-refractivity contribution in [3.8, 4) is 6.07 Å². The van der Waals surface area contributed by atoms with Crippen LogP contribution in [0.1, 0.15) is 30.7 Å². The number of hydrogen-bond acceptors (Lipinski definition) is 11. The van der Waals surface area contributed by atoms with Crippen LogP contribution in [0, 0.1) is 11.3 Å². The van der Waals surface area contributed by atoms with E-state index in [1.807, 2.05) is 54.6 Å². The highest BCUT2D eigenvalue weighted by Crippen LogP contribution is 2.47. The first-order valence-electron chi connectivity index (χ1n) is 12.2. The molecule has 1 aliphatic heterocycles. The van der Waals surface area contributed by atoms with Gasteiger partial charge >= 0.3 is 0 Å². The third-order valence-corrected chi connectivity index (χ3v) is 9.49. The average molecular weight is 572 g/mol. The number of anilines is 2. The van der Waals surface area contributed by atoms with Crippen molar-refractivity contribution in [1.82, 2.24) is 15.2 Å². The third-order valence-electron chi connectivity index (χ3n) is 6.50. The van der Waals surface area contributed by atoms with Crippen molar-refractivity contribution in [3.63, 3.8) is 0 Å². The van der Waals surface area contributed by atoms with E-state index in [4.69, 9.17) is 5.73 Å². The number of nitriles is 1. The predicted octanol–water partition coefficient (Wildman–Crippen LogP) is 5.18. The van der Waals surface area contributed by atoms with Gasteiger partial charge in [-0.3, -0.25) is 14.5 Å². The summed E-state index contributed by atoms with van der Waals surface area (Å²) < 4.78 is 1.58. The Morgan fingerprint density at radius 1 is 1.13 bits per heavy atom. The molecule has 39 heavy (non-hydrogen) atoms. The highest BCUT2D eigenvalue weighted by atomic mass is 32.2. The Morgan fingerprint density at radius 3 is 2.72 bits per heavy atom. The molecule has 2 aromatic carbocycles. The van der Waals surface area contributed by atoms with Crippen molar-refractivity contribution in [2.24, 2.45) is 5.73 Å². The van der Waals surface area contributed by atoms with Crippen molar-refractivity contribution in [2.45, 2.75) is 29.5 Å². The molecule has 0 saturated heterocycles. The van der Waals surface area contributed by atoms with E-state index in [1.165, 1.54) is 34.4 Å². The number of nitrogens with one attached hydrogen (secondary N) is 1. The summed E-state index contributed by atoms with van der Waals surface area (Å²) in [5, 5.41) is 22.5. The minimum absolute atomic E-state index is 0.0148. The first-order valence-corrected chi connectivity index (χ1v) is 14.8. The molecule has 2 aromatic heterocycles. The number of hydrogen-bond donors (Lipinski definition) is 2. The monoisotopic (exact) mass is 571 g/mol. The molecule has 1 atom stereocenters. The molecule has 0 radical (unpaired) electrons. The maximum atomic E-state index is 13.2. The molecule has 0 fully saturated rings. The van der Waals surface area contributed by atoms with E-state index in [-0.39, 0.29) is 23.3 Å². The van der Waals surface area contributed by atoms with Crippen LogP contribution < -0.4 is 16.0 Å². The number of thioether (sulfide) groups is 1. The number of thiazole rings is 1. The fourth-order valence-corrected chi connectivity index (χ4v) is 7.41. The first kappa shape index (κ1) is 25.2. The number of Topliss-reactive ketones (excluding diaryl/α,β-unsaturated/α-hetero) is 1. The number of aromatic nitrogens is 3. The molecule has 3 N–H and O–H groups in total. The molecule has 1 aliphatic carbocycles. The van der Waals surface area contributed by atoms with Crippen molar-refractivity contribution in [2.75, 3.05) is 16.0 Å². The molecule has 3 heterocycles. The number of benzene rings is 2. The van der Waals surface area contributed by atoms with Gasteiger partial charge in [-0.1, -0.05) is 76.9 Å². The zero-order valence-electron chi connectivity index (χ0n) is 20.5. The van der Waals surface area contributed by atoms with Gasteiger partial charge in [-0.2, -0.15) is 5.26 Å². The molecule has 194 valence electrons. The van der Waals surface area contributed by atoms with Gasteiger partial charge in [0.1, 0.15) is 5.82 Å². The third kappa shape index (κ3) is 4.80. The summed E-state index contributed by atoms with van der Waals surface area (Å²) in [7, 11) is 0. The van der Waals surface area contributed by atoms with Crippen molar-refractivity contribution in [3.05, 3.63) is 82.8 Å². The molecule has 0 bridgehead atoms. The van der Waals surface area contributed by atoms with E-state index in [0.717, 1.165) is 21.5 Å². The summed E-state index contributed by atoms with van der Waals surface area (Å²) in [6, 6.07) is 19.5. The predicted molar refractivity (Wildman–Crippen MR) is 153 cm³/mol. The van der Waals surface area contributed by atoms with Crippen LogP contribution >= 0.6 is 34.4 Å². The highest BCUT2D eigenvalue weighted by molar-refractivity contribution is 8.01. The number of amides is 1. The van der Waals surface area contributed by atoms with Gasteiger partial charge < -0.3 is 11.1 Å². The Bertz CT molecular complexity index is 1670. The summed E-state index contributed by atoms with van der Waals surface area (Å²) in [6.45, 7) is 0. The van der Waals surface area contributed by atoms with E-state index in [0.29, 0.717) is 45.0 Å². The van der Waals surface area contributed by atoms with Gasteiger partial charge in [-0.15, -0.1) is 10.2 Å². The van der Waals surface area contributed by atoms with Crippen LogP contribution in [0.25, 0.3) is 10.2 Å². The number of ketones is 1. The van der Waals surface area contributed by atoms with Crippen LogP contribution in [0.5, 0.6) is 0 Å². The molecule has 1 unspecified atom stereocenters.